The van der Waals surface area contributed by atoms with Gasteiger partial charge in [-0.25, -0.2) is 4.79 Å². The topological polar surface area (TPSA) is 85.0 Å². The summed E-state index contributed by atoms with van der Waals surface area (Å²) in [6.07, 6.45) is 0. The molecule has 1 aliphatic rings. The number of amides is 4. The molecule has 33 heavy (non-hydrogen) atoms. The van der Waals surface area contributed by atoms with Crippen molar-refractivity contribution < 1.29 is 14.4 Å². The average Bonchev–Trinajstić information content (AvgIpc) is 2.79. The average molecular weight is 452 g/mol. The zero-order chi connectivity index (χ0) is 24.0. The summed E-state index contributed by atoms with van der Waals surface area (Å²) >= 11 is 0. The monoisotopic (exact) mass is 451 g/mol. The lowest BCUT2D eigenvalue weighted by Gasteiger charge is -2.36. The van der Waals surface area contributed by atoms with Gasteiger partial charge in [0.05, 0.1) is 0 Å². The number of benzene rings is 2. The summed E-state index contributed by atoms with van der Waals surface area (Å²) in [5.41, 5.74) is 3.68. The van der Waals surface area contributed by atoms with Crippen LogP contribution in [0.1, 0.15) is 26.3 Å². The van der Waals surface area contributed by atoms with Crippen molar-refractivity contribution in [2.45, 2.75) is 33.7 Å². The quantitative estimate of drug-likeness (QED) is 0.704. The van der Waals surface area contributed by atoms with Crippen LogP contribution < -0.4 is 15.5 Å². The lowest BCUT2D eigenvalue weighted by atomic mass is 10.2. The third kappa shape index (κ3) is 6.71. The number of piperazine rings is 1. The Hall–Kier alpha value is -3.55. The molecule has 0 bridgehead atoms. The Morgan fingerprint density at radius 3 is 1.97 bits per heavy atom. The molecule has 0 radical (unpaired) electrons. The van der Waals surface area contributed by atoms with Crippen molar-refractivity contribution in [3.05, 3.63) is 54.1 Å². The molecule has 1 aliphatic heterocycles. The van der Waals surface area contributed by atoms with E-state index in [4.69, 9.17) is 0 Å². The van der Waals surface area contributed by atoms with Crippen LogP contribution in [0.3, 0.4) is 0 Å². The van der Waals surface area contributed by atoms with Crippen molar-refractivity contribution in [1.82, 2.24) is 9.80 Å². The van der Waals surface area contributed by atoms with E-state index >= 15 is 0 Å². The Balaban J connectivity index is 1.48. The smallest absolute Gasteiger partial charge is 0.321 e. The largest absolute Gasteiger partial charge is 0.368 e. The number of aryl methyl sites for hydroxylation is 1. The van der Waals surface area contributed by atoms with Crippen LogP contribution >= 0.6 is 0 Å². The van der Waals surface area contributed by atoms with Gasteiger partial charge < -0.3 is 25.3 Å². The summed E-state index contributed by atoms with van der Waals surface area (Å²) in [7, 11) is 0. The van der Waals surface area contributed by atoms with Gasteiger partial charge in [-0.3, -0.25) is 9.59 Å². The zero-order valence-corrected chi connectivity index (χ0v) is 19.8. The predicted octanol–water partition coefficient (Wildman–Crippen LogP) is 3.54. The number of anilines is 3. The summed E-state index contributed by atoms with van der Waals surface area (Å²) in [4.78, 5) is 42.1. The standard InChI is InChI=1S/C25H33N5O3/c1-18(2)30(20(4)31)17-24(32)26-21-9-11-23(12-10-21)28-13-15-29(16-14-28)25(33)27-22-7-5-19(3)6-8-22/h5-12,18H,13-17H2,1-4H3,(H,26,32)(H,27,33). The fourth-order valence-corrected chi connectivity index (χ4v) is 3.78. The van der Waals surface area contributed by atoms with Gasteiger partial charge >= 0.3 is 6.03 Å². The molecule has 1 heterocycles. The number of nitrogens with one attached hydrogen (secondary N) is 2. The van der Waals surface area contributed by atoms with E-state index in [0.717, 1.165) is 30.0 Å². The van der Waals surface area contributed by atoms with Gasteiger partial charge in [0.2, 0.25) is 11.8 Å². The number of urea groups is 1. The maximum absolute atomic E-state index is 12.5. The van der Waals surface area contributed by atoms with Crippen LogP contribution in [0.15, 0.2) is 48.5 Å². The van der Waals surface area contributed by atoms with Crippen LogP contribution in [0.5, 0.6) is 0 Å². The van der Waals surface area contributed by atoms with Crippen molar-refractivity contribution in [1.29, 1.82) is 0 Å². The van der Waals surface area contributed by atoms with E-state index in [1.54, 1.807) is 0 Å². The van der Waals surface area contributed by atoms with Crippen LogP contribution in [0.25, 0.3) is 0 Å². The minimum atomic E-state index is -0.222. The zero-order valence-electron chi connectivity index (χ0n) is 19.8. The molecule has 8 nitrogen and oxygen atoms in total. The molecular weight excluding hydrogens is 418 g/mol. The normalized spacial score (nSPS) is 13.6. The molecular formula is C25H33N5O3. The van der Waals surface area contributed by atoms with E-state index in [1.807, 2.05) is 74.2 Å². The molecule has 3 rings (SSSR count). The number of hydrogen-bond acceptors (Lipinski definition) is 4. The summed E-state index contributed by atoms with van der Waals surface area (Å²) in [5.74, 6) is -0.345. The molecule has 1 fully saturated rings. The molecule has 0 unspecified atom stereocenters. The fourth-order valence-electron chi connectivity index (χ4n) is 3.78. The first-order valence-corrected chi connectivity index (χ1v) is 11.3. The van der Waals surface area contributed by atoms with Gasteiger partial charge in [0.15, 0.2) is 0 Å². The second-order valence-electron chi connectivity index (χ2n) is 8.61. The highest BCUT2D eigenvalue weighted by atomic mass is 16.2. The third-order valence-corrected chi connectivity index (χ3v) is 5.73. The van der Waals surface area contributed by atoms with Crippen molar-refractivity contribution in [2.24, 2.45) is 0 Å². The molecule has 2 aromatic carbocycles. The molecule has 0 aromatic heterocycles. The molecule has 2 N–H and O–H groups in total. The molecule has 0 saturated carbocycles. The lowest BCUT2D eigenvalue weighted by Crippen LogP contribution is -2.50. The van der Waals surface area contributed by atoms with Gasteiger partial charge in [0.25, 0.3) is 0 Å². The van der Waals surface area contributed by atoms with E-state index in [9.17, 15) is 14.4 Å². The van der Waals surface area contributed by atoms with E-state index < -0.39 is 0 Å². The number of nitrogens with zero attached hydrogens (tertiary/aromatic N) is 3. The minimum Gasteiger partial charge on any atom is -0.368 e. The Bertz CT molecular complexity index is 965. The molecule has 0 spiro atoms. The summed E-state index contributed by atoms with van der Waals surface area (Å²) in [6.45, 7) is 10.0. The highest BCUT2D eigenvalue weighted by molar-refractivity contribution is 5.94. The van der Waals surface area contributed by atoms with Crippen LogP contribution in [0.4, 0.5) is 21.9 Å². The lowest BCUT2D eigenvalue weighted by molar-refractivity contribution is -0.134. The molecule has 0 aliphatic carbocycles. The SMILES string of the molecule is CC(=O)N(CC(=O)Nc1ccc(N2CCN(C(=O)Nc3ccc(C)cc3)CC2)cc1)C(C)C. The van der Waals surface area contributed by atoms with Gasteiger partial charge in [0, 0.05) is 56.2 Å². The van der Waals surface area contributed by atoms with Crippen molar-refractivity contribution in [3.8, 4) is 0 Å². The Morgan fingerprint density at radius 2 is 1.42 bits per heavy atom. The highest BCUT2D eigenvalue weighted by Crippen LogP contribution is 2.20. The number of rotatable bonds is 6. The van der Waals surface area contributed by atoms with Crippen LogP contribution in [-0.2, 0) is 9.59 Å². The highest BCUT2D eigenvalue weighted by Gasteiger charge is 2.22. The van der Waals surface area contributed by atoms with Gasteiger partial charge in [0.1, 0.15) is 6.54 Å². The minimum absolute atomic E-state index is 0.0291. The fraction of sp³-hybridized carbons (Fsp3) is 0.400. The Kier molecular flexibility index (Phi) is 7.92. The van der Waals surface area contributed by atoms with Crippen LogP contribution in [0, 0.1) is 6.92 Å². The number of carbonyl (C=O) groups is 3. The van der Waals surface area contributed by atoms with Crippen LogP contribution in [0.2, 0.25) is 0 Å². The maximum Gasteiger partial charge on any atom is 0.321 e. The molecule has 8 heteroatoms. The number of hydrogen-bond donors (Lipinski definition) is 2. The molecule has 2 aromatic rings. The third-order valence-electron chi connectivity index (χ3n) is 5.73. The second kappa shape index (κ2) is 10.8. The summed E-state index contributed by atoms with van der Waals surface area (Å²) in [5, 5.41) is 5.80. The molecule has 4 amide bonds. The first-order valence-electron chi connectivity index (χ1n) is 11.3. The van der Waals surface area contributed by atoms with Crippen LogP contribution in [-0.4, -0.2) is 66.4 Å². The first kappa shape index (κ1) is 24.1. The summed E-state index contributed by atoms with van der Waals surface area (Å²) < 4.78 is 0. The molecule has 1 saturated heterocycles. The Morgan fingerprint density at radius 1 is 0.879 bits per heavy atom. The van der Waals surface area contributed by atoms with Gasteiger partial charge in [-0.1, -0.05) is 17.7 Å². The van der Waals surface area contributed by atoms with Gasteiger partial charge in [-0.2, -0.15) is 0 Å². The van der Waals surface area contributed by atoms with Gasteiger partial charge in [-0.05, 0) is 57.2 Å². The van der Waals surface area contributed by atoms with Crippen molar-refractivity contribution >= 4 is 34.9 Å². The predicted molar refractivity (Wildman–Crippen MR) is 132 cm³/mol. The van der Waals surface area contributed by atoms with E-state index in [1.165, 1.54) is 11.8 Å². The Labute approximate surface area is 195 Å². The van der Waals surface area contributed by atoms with Crippen molar-refractivity contribution in [2.75, 3.05) is 48.3 Å². The van der Waals surface area contributed by atoms with Crippen molar-refractivity contribution in [3.63, 3.8) is 0 Å². The van der Waals surface area contributed by atoms with E-state index in [-0.39, 0.29) is 30.4 Å². The first-order chi connectivity index (χ1) is 15.7. The van der Waals surface area contributed by atoms with E-state index in [0.29, 0.717) is 18.8 Å². The maximum atomic E-state index is 12.5. The molecule has 0 atom stereocenters. The van der Waals surface area contributed by atoms with E-state index in [2.05, 4.69) is 15.5 Å². The summed E-state index contributed by atoms with van der Waals surface area (Å²) in [6, 6.07) is 15.3. The molecule has 176 valence electrons. The second-order valence-corrected chi connectivity index (χ2v) is 8.61. The van der Waals surface area contributed by atoms with Gasteiger partial charge in [-0.15, -0.1) is 0 Å². The number of carbonyl (C=O) groups excluding carboxylic acids is 3.